The van der Waals surface area contributed by atoms with E-state index in [-0.39, 0.29) is 16.9 Å². The molecule has 0 aliphatic carbocycles. The SMILES string of the molecule is COC(=O)C(CCC(C)(C)C)NC(=O)c1ccc(Oc2cccc(C(=O)OC(C)(C)C)c2)nc1. The number of rotatable bonds is 8. The minimum absolute atomic E-state index is 0.0122. The van der Waals surface area contributed by atoms with E-state index in [9.17, 15) is 14.4 Å². The number of benzene rings is 1. The molecule has 0 radical (unpaired) electrons. The molecule has 8 heteroatoms. The number of nitrogens with zero attached hydrogens (tertiary/aromatic N) is 1. The second-order valence-corrected chi connectivity index (χ2v) is 10.2. The number of methoxy groups -OCH3 is 1. The van der Waals surface area contributed by atoms with E-state index < -0.39 is 29.5 Å². The van der Waals surface area contributed by atoms with Crippen molar-refractivity contribution in [3.63, 3.8) is 0 Å². The zero-order valence-electron chi connectivity index (χ0n) is 20.9. The summed E-state index contributed by atoms with van der Waals surface area (Å²) < 4.78 is 15.9. The summed E-state index contributed by atoms with van der Waals surface area (Å²) in [6, 6.07) is 8.91. The lowest BCUT2D eigenvalue weighted by Crippen LogP contribution is -2.42. The van der Waals surface area contributed by atoms with Crippen molar-refractivity contribution < 1.29 is 28.6 Å². The molecule has 184 valence electrons. The third-order valence-electron chi connectivity index (χ3n) is 4.66. The maximum atomic E-state index is 12.7. The standard InChI is InChI=1S/C26H34N2O6/c1-25(2,3)14-13-20(24(31)32-7)28-22(29)18-11-12-21(27-16-18)33-19-10-8-9-17(15-19)23(30)34-26(4,5)6/h8-12,15-16,20H,13-14H2,1-7H3,(H,28,29). The van der Waals surface area contributed by atoms with Crippen LogP contribution in [0.1, 0.15) is 75.1 Å². The van der Waals surface area contributed by atoms with Crippen molar-refractivity contribution >= 4 is 17.8 Å². The van der Waals surface area contributed by atoms with Crippen LogP contribution < -0.4 is 10.1 Å². The van der Waals surface area contributed by atoms with Gasteiger partial charge in [-0.1, -0.05) is 26.8 Å². The highest BCUT2D eigenvalue weighted by Crippen LogP contribution is 2.23. The van der Waals surface area contributed by atoms with Gasteiger partial charge >= 0.3 is 11.9 Å². The predicted molar refractivity (Wildman–Crippen MR) is 128 cm³/mol. The molecule has 0 saturated heterocycles. The number of carbonyl (C=O) groups excluding carboxylic acids is 3. The van der Waals surface area contributed by atoms with E-state index >= 15 is 0 Å². The van der Waals surface area contributed by atoms with Crippen molar-refractivity contribution in [1.29, 1.82) is 0 Å². The third-order valence-corrected chi connectivity index (χ3v) is 4.66. The fraction of sp³-hybridized carbons (Fsp3) is 0.462. The number of pyridine rings is 1. The van der Waals surface area contributed by atoms with Gasteiger partial charge in [0.2, 0.25) is 5.88 Å². The van der Waals surface area contributed by atoms with Crippen molar-refractivity contribution in [1.82, 2.24) is 10.3 Å². The first kappa shape index (κ1) is 26.8. The highest BCUT2D eigenvalue weighted by atomic mass is 16.6. The van der Waals surface area contributed by atoms with Gasteiger partial charge in [0.05, 0.1) is 18.2 Å². The molecular formula is C26H34N2O6. The molecule has 1 aromatic heterocycles. The summed E-state index contributed by atoms with van der Waals surface area (Å²) in [6.07, 6.45) is 2.56. The van der Waals surface area contributed by atoms with Crippen molar-refractivity contribution in [2.45, 2.75) is 66.0 Å². The Labute approximate surface area is 201 Å². The van der Waals surface area contributed by atoms with Crippen LogP contribution in [-0.2, 0) is 14.3 Å². The number of amides is 1. The van der Waals surface area contributed by atoms with Gasteiger partial charge in [-0.25, -0.2) is 14.6 Å². The first-order valence-electron chi connectivity index (χ1n) is 11.1. The summed E-state index contributed by atoms with van der Waals surface area (Å²) in [6.45, 7) is 11.6. The second kappa shape index (κ2) is 11.1. The molecule has 0 saturated carbocycles. The van der Waals surface area contributed by atoms with E-state index in [1.165, 1.54) is 19.4 Å². The number of aromatic nitrogens is 1. The molecule has 0 spiro atoms. The van der Waals surface area contributed by atoms with E-state index in [4.69, 9.17) is 14.2 Å². The minimum Gasteiger partial charge on any atom is -0.467 e. The summed E-state index contributed by atoms with van der Waals surface area (Å²) in [5.41, 5.74) is 0.0381. The molecule has 1 N–H and O–H groups in total. The van der Waals surface area contributed by atoms with Gasteiger partial charge in [-0.2, -0.15) is 0 Å². The Balaban J connectivity index is 2.05. The number of hydrogen-bond acceptors (Lipinski definition) is 7. The van der Waals surface area contributed by atoms with Gasteiger partial charge in [-0.05, 0) is 63.3 Å². The van der Waals surface area contributed by atoms with Gasteiger partial charge in [0.25, 0.3) is 5.91 Å². The van der Waals surface area contributed by atoms with Crippen molar-refractivity contribution in [2.75, 3.05) is 7.11 Å². The largest absolute Gasteiger partial charge is 0.467 e. The molecule has 1 heterocycles. The molecule has 1 atom stereocenters. The van der Waals surface area contributed by atoms with Gasteiger partial charge in [0, 0.05) is 12.3 Å². The molecular weight excluding hydrogens is 436 g/mol. The fourth-order valence-electron chi connectivity index (χ4n) is 2.93. The molecule has 2 rings (SSSR count). The Morgan fingerprint density at radius 2 is 1.71 bits per heavy atom. The van der Waals surface area contributed by atoms with Gasteiger partial charge in [0.1, 0.15) is 17.4 Å². The topological polar surface area (TPSA) is 104 Å². The van der Waals surface area contributed by atoms with E-state index in [2.05, 4.69) is 31.1 Å². The van der Waals surface area contributed by atoms with Gasteiger partial charge in [-0.15, -0.1) is 0 Å². The smallest absolute Gasteiger partial charge is 0.338 e. The maximum absolute atomic E-state index is 12.7. The van der Waals surface area contributed by atoms with Crippen LogP contribution in [0.2, 0.25) is 0 Å². The summed E-state index contributed by atoms with van der Waals surface area (Å²) in [5.74, 6) is -0.730. The second-order valence-electron chi connectivity index (χ2n) is 10.2. The van der Waals surface area contributed by atoms with Gasteiger partial charge < -0.3 is 19.5 Å². The molecule has 0 bridgehead atoms. The number of nitrogens with one attached hydrogen (secondary N) is 1. The Morgan fingerprint density at radius 1 is 1.00 bits per heavy atom. The average Bonchev–Trinajstić information content (AvgIpc) is 2.75. The van der Waals surface area contributed by atoms with Crippen molar-refractivity contribution in [3.05, 3.63) is 53.7 Å². The van der Waals surface area contributed by atoms with Crippen LogP contribution in [0.5, 0.6) is 11.6 Å². The third kappa shape index (κ3) is 8.84. The normalized spacial score (nSPS) is 12.4. The zero-order chi connectivity index (χ0) is 25.5. The average molecular weight is 471 g/mol. The Bertz CT molecular complexity index is 1000. The van der Waals surface area contributed by atoms with Crippen LogP contribution in [0, 0.1) is 5.41 Å². The summed E-state index contributed by atoms with van der Waals surface area (Å²) in [4.78, 5) is 41.2. The minimum atomic E-state index is -0.747. The van der Waals surface area contributed by atoms with Crippen LogP contribution in [0.25, 0.3) is 0 Å². The number of hydrogen-bond donors (Lipinski definition) is 1. The Morgan fingerprint density at radius 3 is 2.26 bits per heavy atom. The lowest BCUT2D eigenvalue weighted by molar-refractivity contribution is -0.143. The van der Waals surface area contributed by atoms with Crippen LogP contribution >= 0.6 is 0 Å². The van der Waals surface area contributed by atoms with E-state index in [1.54, 1.807) is 51.1 Å². The molecule has 8 nitrogen and oxygen atoms in total. The monoisotopic (exact) mass is 470 g/mol. The lowest BCUT2D eigenvalue weighted by Gasteiger charge is -2.22. The number of ether oxygens (including phenoxy) is 3. The predicted octanol–water partition coefficient (Wildman–Crippen LogP) is 4.93. The molecule has 0 aliphatic heterocycles. The van der Waals surface area contributed by atoms with Crippen molar-refractivity contribution in [2.24, 2.45) is 5.41 Å². The molecule has 0 aliphatic rings. The van der Waals surface area contributed by atoms with Crippen LogP contribution in [-0.4, -0.2) is 41.6 Å². The highest BCUT2D eigenvalue weighted by Gasteiger charge is 2.24. The van der Waals surface area contributed by atoms with Crippen molar-refractivity contribution in [3.8, 4) is 11.6 Å². The lowest BCUT2D eigenvalue weighted by atomic mass is 9.88. The summed E-state index contributed by atoms with van der Waals surface area (Å²) in [5, 5.41) is 2.72. The fourth-order valence-corrected chi connectivity index (χ4v) is 2.93. The molecule has 34 heavy (non-hydrogen) atoms. The van der Waals surface area contributed by atoms with E-state index in [0.717, 1.165) is 6.42 Å². The molecule has 0 fully saturated rings. The quantitative estimate of drug-likeness (QED) is 0.546. The maximum Gasteiger partial charge on any atom is 0.338 e. The summed E-state index contributed by atoms with van der Waals surface area (Å²) >= 11 is 0. The Kier molecular flexibility index (Phi) is 8.79. The molecule has 1 unspecified atom stereocenters. The van der Waals surface area contributed by atoms with Crippen LogP contribution in [0.3, 0.4) is 0 Å². The number of esters is 2. The van der Waals surface area contributed by atoms with Gasteiger partial charge in [-0.3, -0.25) is 4.79 Å². The molecule has 1 amide bonds. The molecule has 1 aromatic carbocycles. The van der Waals surface area contributed by atoms with E-state index in [0.29, 0.717) is 17.7 Å². The van der Waals surface area contributed by atoms with E-state index in [1.807, 2.05) is 0 Å². The number of carbonyl (C=O) groups is 3. The Hall–Kier alpha value is -3.42. The molecule has 2 aromatic rings. The zero-order valence-corrected chi connectivity index (χ0v) is 20.9. The highest BCUT2D eigenvalue weighted by molar-refractivity contribution is 5.96. The summed E-state index contributed by atoms with van der Waals surface area (Å²) in [7, 11) is 1.30. The van der Waals surface area contributed by atoms with Crippen LogP contribution in [0.15, 0.2) is 42.6 Å². The first-order chi connectivity index (χ1) is 15.8. The van der Waals surface area contributed by atoms with Gasteiger partial charge in [0.15, 0.2) is 0 Å². The first-order valence-corrected chi connectivity index (χ1v) is 11.1. The van der Waals surface area contributed by atoms with Crippen LogP contribution in [0.4, 0.5) is 0 Å².